The Hall–Kier alpha value is -4.20. The molecule has 0 saturated carbocycles. The second-order valence-corrected chi connectivity index (χ2v) is 9.30. The molecule has 38 heavy (non-hydrogen) atoms. The van der Waals surface area contributed by atoms with Crippen molar-refractivity contribution in [2.24, 2.45) is 23.1 Å². The molecule has 0 radical (unpaired) electrons. The largest absolute Gasteiger partial charge is 0.508 e. The molecule has 210 valence electrons. The van der Waals surface area contributed by atoms with Gasteiger partial charge in [0.05, 0.1) is 12.5 Å². The van der Waals surface area contributed by atoms with Crippen LogP contribution in [0.15, 0.2) is 24.3 Å². The van der Waals surface area contributed by atoms with Crippen LogP contribution in [-0.4, -0.2) is 69.9 Å². The number of primary amides is 2. The van der Waals surface area contributed by atoms with Gasteiger partial charge in [-0.3, -0.25) is 24.0 Å². The third kappa shape index (κ3) is 11.7. The highest BCUT2D eigenvalue weighted by Gasteiger charge is 2.31. The van der Waals surface area contributed by atoms with Gasteiger partial charge in [0.15, 0.2) is 0 Å². The fourth-order valence-corrected chi connectivity index (χ4v) is 3.46. The summed E-state index contributed by atoms with van der Waals surface area (Å²) in [6, 6.07) is 0.657. The zero-order valence-corrected chi connectivity index (χ0v) is 21.3. The maximum atomic E-state index is 13.3. The number of carbonyl (C=O) groups is 6. The molecule has 0 aliphatic heterocycles. The second kappa shape index (κ2) is 15.1. The molecule has 1 aromatic carbocycles. The number of nitrogens with one attached hydrogen (secondary N) is 3. The van der Waals surface area contributed by atoms with Crippen molar-refractivity contribution >= 4 is 35.5 Å². The number of phenolic OH excluding ortho intramolecular Hbond substituents is 1. The Kier molecular flexibility index (Phi) is 12.7. The zero-order valence-electron chi connectivity index (χ0n) is 21.3. The summed E-state index contributed by atoms with van der Waals surface area (Å²) in [7, 11) is 0. The van der Waals surface area contributed by atoms with E-state index in [-0.39, 0.29) is 37.4 Å². The van der Waals surface area contributed by atoms with Crippen molar-refractivity contribution in [2.45, 2.75) is 70.1 Å². The summed E-state index contributed by atoms with van der Waals surface area (Å²) in [5.74, 6) is -5.45. The summed E-state index contributed by atoms with van der Waals surface area (Å²) < 4.78 is 0. The summed E-state index contributed by atoms with van der Waals surface area (Å²) >= 11 is 0. The fraction of sp³-hybridized carbons (Fsp3) is 0.500. The molecule has 1 rings (SSSR count). The number of carbonyl (C=O) groups excluding carboxylic acids is 5. The summed E-state index contributed by atoms with van der Waals surface area (Å²) in [6.07, 6.45) is -0.908. The van der Waals surface area contributed by atoms with Gasteiger partial charge in [0.1, 0.15) is 23.9 Å². The molecule has 14 nitrogen and oxygen atoms in total. The standard InChI is InChI=1S/C24H36N6O8/c1-12(2)9-17(22(35)28-16(24(37)38)7-8-19(26)32)30-23(36)18(10-13-3-5-14(31)6-4-13)29-21(34)15(25)11-20(27)33/h3-6,12,15-18,31H,7-11,25H2,1-2H3,(H2,26,32)(H2,27,33)(H,28,35)(H,29,34)(H,30,36)(H,37,38). The molecule has 0 saturated heterocycles. The molecule has 14 heteroatoms. The van der Waals surface area contributed by atoms with Crippen LogP contribution in [0.5, 0.6) is 5.75 Å². The van der Waals surface area contributed by atoms with E-state index in [1.807, 2.05) is 0 Å². The van der Waals surface area contributed by atoms with Crippen LogP contribution in [0.25, 0.3) is 0 Å². The Balaban J connectivity index is 3.14. The number of phenols is 1. The minimum absolute atomic E-state index is 0.0137. The average molecular weight is 537 g/mol. The van der Waals surface area contributed by atoms with Crippen molar-refractivity contribution in [3.8, 4) is 5.75 Å². The van der Waals surface area contributed by atoms with Crippen molar-refractivity contribution < 1.29 is 39.0 Å². The predicted octanol–water partition coefficient (Wildman–Crippen LogP) is -2.01. The molecule has 5 amide bonds. The van der Waals surface area contributed by atoms with Crippen LogP contribution in [0.1, 0.15) is 45.1 Å². The highest BCUT2D eigenvalue weighted by Crippen LogP contribution is 2.13. The van der Waals surface area contributed by atoms with Crippen LogP contribution in [0.4, 0.5) is 0 Å². The SMILES string of the molecule is CC(C)CC(NC(=O)C(Cc1ccc(O)cc1)NC(=O)C(N)CC(N)=O)C(=O)NC(CCC(N)=O)C(=O)O. The Labute approximate surface area is 219 Å². The Morgan fingerprint density at radius 2 is 1.34 bits per heavy atom. The lowest BCUT2D eigenvalue weighted by Crippen LogP contribution is -2.58. The minimum atomic E-state index is -1.42. The van der Waals surface area contributed by atoms with Crippen molar-refractivity contribution in [1.82, 2.24) is 16.0 Å². The Morgan fingerprint density at radius 1 is 0.816 bits per heavy atom. The van der Waals surface area contributed by atoms with Gasteiger partial charge in [-0.05, 0) is 36.5 Å². The second-order valence-electron chi connectivity index (χ2n) is 9.30. The smallest absolute Gasteiger partial charge is 0.326 e. The van der Waals surface area contributed by atoms with Crippen molar-refractivity contribution in [3.05, 3.63) is 29.8 Å². The third-order valence-electron chi connectivity index (χ3n) is 5.40. The first-order chi connectivity index (χ1) is 17.7. The first-order valence-electron chi connectivity index (χ1n) is 11.9. The molecular weight excluding hydrogens is 500 g/mol. The van der Waals surface area contributed by atoms with E-state index in [9.17, 15) is 39.0 Å². The number of benzene rings is 1. The molecule has 1 aromatic rings. The molecule has 4 atom stereocenters. The molecule has 0 fully saturated rings. The normalized spacial score (nSPS) is 14.0. The van der Waals surface area contributed by atoms with Gasteiger partial charge in [-0.1, -0.05) is 26.0 Å². The molecule has 0 aromatic heterocycles. The molecule has 0 aliphatic carbocycles. The summed E-state index contributed by atoms with van der Waals surface area (Å²) in [5, 5.41) is 26.2. The van der Waals surface area contributed by atoms with Crippen molar-refractivity contribution in [2.75, 3.05) is 0 Å². The Morgan fingerprint density at radius 3 is 1.84 bits per heavy atom. The maximum Gasteiger partial charge on any atom is 0.326 e. The lowest BCUT2D eigenvalue weighted by molar-refractivity contribution is -0.142. The number of carboxylic acids is 1. The molecular formula is C24H36N6O8. The van der Waals surface area contributed by atoms with Gasteiger partial charge in [-0.15, -0.1) is 0 Å². The van der Waals surface area contributed by atoms with Crippen molar-refractivity contribution in [1.29, 1.82) is 0 Å². The first kappa shape index (κ1) is 31.8. The number of amides is 5. The van der Waals surface area contributed by atoms with Gasteiger partial charge in [0.25, 0.3) is 0 Å². The summed E-state index contributed by atoms with van der Waals surface area (Å²) in [6.45, 7) is 3.57. The molecule has 0 bridgehead atoms. The molecule has 0 spiro atoms. The van der Waals surface area contributed by atoms with E-state index in [1.54, 1.807) is 13.8 Å². The van der Waals surface area contributed by atoms with E-state index in [2.05, 4.69) is 16.0 Å². The first-order valence-corrected chi connectivity index (χ1v) is 11.9. The van der Waals surface area contributed by atoms with Crippen LogP contribution in [0.2, 0.25) is 0 Å². The quantitative estimate of drug-likeness (QED) is 0.116. The van der Waals surface area contributed by atoms with Crippen LogP contribution < -0.4 is 33.2 Å². The number of aliphatic carboxylic acids is 1. The van der Waals surface area contributed by atoms with Crippen molar-refractivity contribution in [3.63, 3.8) is 0 Å². The molecule has 11 N–H and O–H groups in total. The lowest BCUT2D eigenvalue weighted by Gasteiger charge is -2.26. The highest BCUT2D eigenvalue weighted by atomic mass is 16.4. The van der Waals surface area contributed by atoms with Crippen LogP contribution in [-0.2, 0) is 35.2 Å². The lowest BCUT2D eigenvalue weighted by atomic mass is 10.00. The minimum Gasteiger partial charge on any atom is -0.508 e. The maximum absolute atomic E-state index is 13.3. The predicted molar refractivity (Wildman–Crippen MR) is 135 cm³/mol. The molecule has 0 heterocycles. The van der Waals surface area contributed by atoms with Gasteiger partial charge >= 0.3 is 5.97 Å². The third-order valence-corrected chi connectivity index (χ3v) is 5.40. The average Bonchev–Trinajstić information content (AvgIpc) is 2.80. The molecule has 4 unspecified atom stereocenters. The number of nitrogens with two attached hydrogens (primary N) is 3. The van der Waals surface area contributed by atoms with Gasteiger partial charge in [-0.2, -0.15) is 0 Å². The topological polar surface area (TPSA) is 257 Å². The van der Waals surface area contributed by atoms with Gasteiger partial charge in [0.2, 0.25) is 29.5 Å². The number of hydrogen-bond donors (Lipinski definition) is 8. The van der Waals surface area contributed by atoms with E-state index >= 15 is 0 Å². The van der Waals surface area contributed by atoms with Gasteiger partial charge in [0, 0.05) is 12.8 Å². The van der Waals surface area contributed by atoms with E-state index in [4.69, 9.17) is 17.2 Å². The van der Waals surface area contributed by atoms with Crippen LogP contribution in [0, 0.1) is 5.92 Å². The Bertz CT molecular complexity index is 1010. The van der Waals surface area contributed by atoms with Crippen LogP contribution >= 0.6 is 0 Å². The zero-order chi connectivity index (χ0) is 29.0. The van der Waals surface area contributed by atoms with Crippen LogP contribution in [0.3, 0.4) is 0 Å². The summed E-state index contributed by atoms with van der Waals surface area (Å²) in [4.78, 5) is 72.5. The summed E-state index contributed by atoms with van der Waals surface area (Å²) in [5.41, 5.74) is 16.4. The van der Waals surface area contributed by atoms with E-state index in [1.165, 1.54) is 24.3 Å². The monoisotopic (exact) mass is 536 g/mol. The number of rotatable bonds is 16. The number of carboxylic acid groups (broad SMARTS) is 1. The van der Waals surface area contributed by atoms with E-state index < -0.39 is 66.1 Å². The number of hydrogen-bond acceptors (Lipinski definition) is 8. The van der Waals surface area contributed by atoms with Gasteiger partial charge < -0.3 is 43.4 Å². The molecule has 0 aliphatic rings. The van der Waals surface area contributed by atoms with Gasteiger partial charge in [-0.25, -0.2) is 4.79 Å². The van der Waals surface area contributed by atoms with E-state index in [0.717, 1.165) is 0 Å². The fourth-order valence-electron chi connectivity index (χ4n) is 3.46. The highest BCUT2D eigenvalue weighted by molar-refractivity contribution is 5.95. The number of aromatic hydroxyl groups is 1. The van der Waals surface area contributed by atoms with E-state index in [0.29, 0.717) is 5.56 Å².